The predicted octanol–water partition coefficient (Wildman–Crippen LogP) is 1.88. The number of hydrogen-bond donors (Lipinski definition) is 0. The van der Waals surface area contributed by atoms with Crippen LogP contribution in [0.25, 0.3) is 5.69 Å². The molecule has 0 fully saturated rings. The summed E-state index contributed by atoms with van der Waals surface area (Å²) in [7, 11) is 0. The lowest BCUT2D eigenvalue weighted by Gasteiger charge is -2.05. The Morgan fingerprint density at radius 1 is 1.24 bits per heavy atom. The maximum Gasteiger partial charge on any atom is 0.272 e. The fourth-order valence-corrected chi connectivity index (χ4v) is 1.43. The van der Waals surface area contributed by atoms with Gasteiger partial charge in [0.05, 0.1) is 16.7 Å². The van der Waals surface area contributed by atoms with Crippen molar-refractivity contribution < 1.29 is 9.31 Å². The molecule has 5 nitrogen and oxygen atoms in total. The van der Waals surface area contributed by atoms with Crippen molar-refractivity contribution in [2.24, 2.45) is 0 Å². The summed E-state index contributed by atoms with van der Waals surface area (Å²) in [6.45, 7) is 0. The molecule has 1 aromatic carbocycles. The number of nitro groups is 1. The van der Waals surface area contributed by atoms with E-state index in [1.54, 1.807) is 6.07 Å². The highest BCUT2D eigenvalue weighted by Gasteiger charge is 2.12. The molecule has 0 spiro atoms. The van der Waals surface area contributed by atoms with E-state index in [4.69, 9.17) is 0 Å². The highest BCUT2D eigenvalue weighted by Crippen LogP contribution is 2.18. The van der Waals surface area contributed by atoms with Crippen LogP contribution in [0.4, 0.5) is 10.1 Å². The van der Waals surface area contributed by atoms with Gasteiger partial charge in [0.15, 0.2) is 5.82 Å². The fourth-order valence-electron chi connectivity index (χ4n) is 1.43. The van der Waals surface area contributed by atoms with Gasteiger partial charge >= 0.3 is 0 Å². The van der Waals surface area contributed by atoms with Crippen LogP contribution in [-0.4, -0.2) is 9.49 Å². The highest BCUT2D eigenvalue weighted by molar-refractivity contribution is 5.42. The van der Waals surface area contributed by atoms with E-state index in [0.29, 0.717) is 0 Å². The summed E-state index contributed by atoms with van der Waals surface area (Å²) in [6, 6.07) is 7.52. The maximum atomic E-state index is 13.6. The minimum Gasteiger partial charge on any atom is -0.281 e. The van der Waals surface area contributed by atoms with Crippen molar-refractivity contribution in [3.63, 3.8) is 0 Å². The summed E-state index contributed by atoms with van der Waals surface area (Å²) in [4.78, 5) is 21.2. The molecule has 0 aliphatic heterocycles. The molecular weight excluding hydrogens is 227 g/mol. The van der Waals surface area contributed by atoms with Crippen molar-refractivity contribution in [1.29, 1.82) is 0 Å². The standard InChI is InChI=1S/C11H7FN2O3/c12-9-7-8(14(16)17)4-5-10(9)13-6-2-1-3-11(13)15/h1-7H. The van der Waals surface area contributed by atoms with Gasteiger partial charge in [0, 0.05) is 18.3 Å². The summed E-state index contributed by atoms with van der Waals surface area (Å²) in [6.07, 6.45) is 1.40. The molecule has 0 atom stereocenters. The van der Waals surface area contributed by atoms with E-state index >= 15 is 0 Å². The normalized spacial score (nSPS) is 10.2. The quantitative estimate of drug-likeness (QED) is 0.588. The summed E-state index contributed by atoms with van der Waals surface area (Å²) in [5.74, 6) is -0.812. The van der Waals surface area contributed by atoms with Gasteiger partial charge in [-0.1, -0.05) is 6.07 Å². The first-order valence-corrected chi connectivity index (χ1v) is 4.71. The number of aromatic nitrogens is 1. The SMILES string of the molecule is O=c1ccccn1-c1ccc([N+](=O)[O-])cc1F. The van der Waals surface area contributed by atoms with Crippen LogP contribution in [0.1, 0.15) is 0 Å². The van der Waals surface area contributed by atoms with E-state index in [1.807, 2.05) is 0 Å². The van der Waals surface area contributed by atoms with Crippen LogP contribution in [0.2, 0.25) is 0 Å². The Hall–Kier alpha value is -2.50. The Morgan fingerprint density at radius 3 is 2.59 bits per heavy atom. The van der Waals surface area contributed by atoms with Crippen LogP contribution < -0.4 is 5.56 Å². The van der Waals surface area contributed by atoms with E-state index < -0.39 is 16.3 Å². The number of rotatable bonds is 2. The lowest BCUT2D eigenvalue weighted by atomic mass is 10.2. The van der Waals surface area contributed by atoms with Gasteiger partial charge in [0.25, 0.3) is 11.2 Å². The van der Waals surface area contributed by atoms with Crippen molar-refractivity contribution in [2.45, 2.75) is 0 Å². The molecule has 2 rings (SSSR count). The van der Waals surface area contributed by atoms with E-state index in [1.165, 1.54) is 24.4 Å². The van der Waals surface area contributed by atoms with Gasteiger partial charge in [0.1, 0.15) is 0 Å². The minimum atomic E-state index is -0.812. The van der Waals surface area contributed by atoms with Gasteiger partial charge in [0.2, 0.25) is 0 Å². The van der Waals surface area contributed by atoms with Crippen molar-refractivity contribution in [3.8, 4) is 5.69 Å². The maximum absolute atomic E-state index is 13.6. The van der Waals surface area contributed by atoms with Gasteiger partial charge in [-0.25, -0.2) is 4.39 Å². The molecule has 2 aromatic rings. The van der Waals surface area contributed by atoms with Crippen LogP contribution in [-0.2, 0) is 0 Å². The average molecular weight is 234 g/mol. The first kappa shape index (κ1) is 11.0. The molecule has 0 saturated carbocycles. The second kappa shape index (κ2) is 4.17. The third kappa shape index (κ3) is 2.05. The second-order valence-corrected chi connectivity index (χ2v) is 3.30. The molecule has 86 valence electrons. The Morgan fingerprint density at radius 2 is 2.00 bits per heavy atom. The van der Waals surface area contributed by atoms with Crippen LogP contribution in [0, 0.1) is 15.9 Å². The molecule has 0 amide bonds. The molecule has 17 heavy (non-hydrogen) atoms. The van der Waals surface area contributed by atoms with Gasteiger partial charge < -0.3 is 0 Å². The number of hydrogen-bond acceptors (Lipinski definition) is 3. The molecular formula is C11H7FN2O3. The lowest BCUT2D eigenvalue weighted by Crippen LogP contribution is -2.16. The molecule has 1 aromatic heterocycles. The second-order valence-electron chi connectivity index (χ2n) is 3.30. The molecule has 0 bridgehead atoms. The zero-order valence-electron chi connectivity index (χ0n) is 8.54. The smallest absolute Gasteiger partial charge is 0.272 e. The summed E-state index contributed by atoms with van der Waals surface area (Å²) in [5, 5.41) is 10.4. The number of nitro benzene ring substituents is 1. The average Bonchev–Trinajstić information content (AvgIpc) is 2.30. The summed E-state index contributed by atoms with van der Waals surface area (Å²) in [5.41, 5.74) is -0.767. The molecule has 0 N–H and O–H groups in total. The van der Waals surface area contributed by atoms with Gasteiger partial charge in [-0.05, 0) is 12.1 Å². The molecule has 1 heterocycles. The van der Waals surface area contributed by atoms with Crippen LogP contribution in [0.5, 0.6) is 0 Å². The van der Waals surface area contributed by atoms with E-state index in [-0.39, 0.29) is 11.4 Å². The van der Waals surface area contributed by atoms with Gasteiger partial charge in [-0.15, -0.1) is 0 Å². The van der Waals surface area contributed by atoms with Crippen molar-refractivity contribution in [3.05, 3.63) is 68.9 Å². The number of nitrogens with zero attached hydrogens (tertiary/aromatic N) is 2. The van der Waals surface area contributed by atoms with E-state index in [2.05, 4.69) is 0 Å². The summed E-state index contributed by atoms with van der Waals surface area (Å²) >= 11 is 0. The van der Waals surface area contributed by atoms with Gasteiger partial charge in [-0.3, -0.25) is 19.5 Å². The van der Waals surface area contributed by atoms with E-state index in [9.17, 15) is 19.3 Å². The summed E-state index contributed by atoms with van der Waals surface area (Å²) < 4.78 is 14.7. The zero-order valence-corrected chi connectivity index (χ0v) is 8.54. The van der Waals surface area contributed by atoms with E-state index in [0.717, 1.165) is 16.7 Å². The van der Waals surface area contributed by atoms with Crippen LogP contribution >= 0.6 is 0 Å². The molecule has 0 aliphatic rings. The Bertz CT molecular complexity index is 637. The lowest BCUT2D eigenvalue weighted by molar-refractivity contribution is -0.385. The third-order valence-corrected chi connectivity index (χ3v) is 2.22. The van der Waals surface area contributed by atoms with Gasteiger partial charge in [-0.2, -0.15) is 0 Å². The molecule has 6 heteroatoms. The molecule has 0 saturated heterocycles. The van der Waals surface area contributed by atoms with Crippen molar-refractivity contribution >= 4 is 5.69 Å². The number of benzene rings is 1. The van der Waals surface area contributed by atoms with Crippen LogP contribution in [0.3, 0.4) is 0 Å². The topological polar surface area (TPSA) is 65.1 Å². The predicted molar refractivity (Wildman–Crippen MR) is 58.7 cm³/mol. The molecule has 0 aliphatic carbocycles. The van der Waals surface area contributed by atoms with Crippen molar-refractivity contribution in [1.82, 2.24) is 4.57 Å². The Labute approximate surface area is 94.9 Å². The van der Waals surface area contributed by atoms with Crippen LogP contribution in [0.15, 0.2) is 47.4 Å². The number of pyridine rings is 1. The Kier molecular flexibility index (Phi) is 2.70. The Balaban J connectivity index is 2.59. The molecule has 0 radical (unpaired) electrons. The zero-order chi connectivity index (χ0) is 12.4. The van der Waals surface area contributed by atoms with Crippen molar-refractivity contribution in [2.75, 3.05) is 0 Å². The molecule has 0 unspecified atom stereocenters. The minimum absolute atomic E-state index is 0.0128. The largest absolute Gasteiger partial charge is 0.281 e. The first-order chi connectivity index (χ1) is 8.09. The number of non-ortho nitro benzene ring substituents is 1. The highest BCUT2D eigenvalue weighted by atomic mass is 19.1. The number of halogens is 1. The fraction of sp³-hybridized carbons (Fsp3) is 0. The third-order valence-electron chi connectivity index (χ3n) is 2.22. The first-order valence-electron chi connectivity index (χ1n) is 4.71. The monoisotopic (exact) mass is 234 g/mol.